The van der Waals surface area contributed by atoms with Crippen LogP contribution in [0.3, 0.4) is 0 Å². The molecule has 1 aliphatic carbocycles. The molecular weight excluding hydrogens is 336 g/mol. The Bertz CT molecular complexity index is 1110. The molecule has 0 heterocycles. The zero-order valence-corrected chi connectivity index (χ0v) is 13.2. The zero-order chi connectivity index (χ0) is 18.6. The van der Waals surface area contributed by atoms with Crippen LogP contribution in [0.2, 0.25) is 0 Å². The molecule has 6 nitrogen and oxygen atoms in total. The highest BCUT2D eigenvalue weighted by molar-refractivity contribution is 6.30. The third kappa shape index (κ3) is 2.05. The fourth-order valence-electron chi connectivity index (χ4n) is 3.19. The molecule has 3 aromatic carbocycles. The molecule has 0 saturated heterocycles. The predicted octanol–water partition coefficient (Wildman–Crippen LogP) is 2.95. The summed E-state index contributed by atoms with van der Waals surface area (Å²) in [4.78, 5) is 25.5. The molecule has 0 unspecified atom stereocenters. The van der Waals surface area contributed by atoms with Crippen molar-refractivity contribution in [1.82, 2.24) is 0 Å². The first-order valence-corrected chi connectivity index (χ1v) is 7.70. The quantitative estimate of drug-likeness (QED) is 0.393. The van der Waals surface area contributed by atoms with Crippen LogP contribution in [0.5, 0.6) is 23.0 Å². The topological polar surface area (TPSA) is 115 Å². The molecule has 0 saturated carbocycles. The summed E-state index contributed by atoms with van der Waals surface area (Å²) in [5, 5.41) is 40.1. The fraction of sp³-hybridized carbons (Fsp3) is 0. The molecule has 0 bridgehead atoms. The number of carbonyl (C=O) groups is 2. The molecular formula is C20H12O6. The number of hydrogen-bond donors (Lipinski definition) is 4. The van der Waals surface area contributed by atoms with E-state index in [1.807, 2.05) is 0 Å². The average Bonchev–Trinajstić information content (AvgIpc) is 2.62. The van der Waals surface area contributed by atoms with Gasteiger partial charge in [-0.2, -0.15) is 0 Å². The van der Waals surface area contributed by atoms with Crippen LogP contribution in [0.1, 0.15) is 31.8 Å². The van der Waals surface area contributed by atoms with Gasteiger partial charge in [0.05, 0.1) is 11.1 Å². The smallest absolute Gasteiger partial charge is 0.198 e. The Morgan fingerprint density at radius 1 is 0.577 bits per heavy atom. The molecule has 26 heavy (non-hydrogen) atoms. The molecule has 0 amide bonds. The normalized spacial score (nSPS) is 12.6. The molecule has 0 aromatic heterocycles. The molecule has 0 aliphatic heterocycles. The van der Waals surface area contributed by atoms with Gasteiger partial charge >= 0.3 is 0 Å². The van der Waals surface area contributed by atoms with Gasteiger partial charge in [-0.25, -0.2) is 0 Å². The summed E-state index contributed by atoms with van der Waals surface area (Å²) in [5.41, 5.74) is 0.158. The standard InChI is InChI=1S/C20H12O6/c21-13-6-5-9(7-14(13)22)16-15(23)8-12-17(20(16)26)19(25)11-4-2-1-3-10(11)18(12)24/h1-8,21-23,26H. The number of phenols is 4. The van der Waals surface area contributed by atoms with Crippen molar-refractivity contribution in [3.05, 3.63) is 70.8 Å². The maximum atomic E-state index is 12.8. The minimum atomic E-state index is -0.557. The van der Waals surface area contributed by atoms with Gasteiger partial charge in [0.25, 0.3) is 0 Å². The second-order valence-corrected chi connectivity index (χ2v) is 5.95. The number of benzene rings is 3. The van der Waals surface area contributed by atoms with Crippen molar-refractivity contribution in [3.8, 4) is 34.1 Å². The highest BCUT2D eigenvalue weighted by atomic mass is 16.3. The van der Waals surface area contributed by atoms with Crippen LogP contribution in [0.4, 0.5) is 0 Å². The van der Waals surface area contributed by atoms with Gasteiger partial charge in [-0.1, -0.05) is 30.3 Å². The van der Waals surface area contributed by atoms with E-state index in [1.165, 1.54) is 24.3 Å². The van der Waals surface area contributed by atoms with Gasteiger partial charge < -0.3 is 20.4 Å². The highest BCUT2D eigenvalue weighted by Gasteiger charge is 2.34. The molecule has 0 radical (unpaired) electrons. The van der Waals surface area contributed by atoms with E-state index in [1.54, 1.807) is 12.1 Å². The molecule has 6 heteroatoms. The van der Waals surface area contributed by atoms with Gasteiger partial charge in [-0.05, 0) is 23.8 Å². The first-order chi connectivity index (χ1) is 12.4. The molecule has 1 aliphatic rings. The SMILES string of the molecule is O=C1c2ccccc2C(=O)c2c1cc(O)c(-c1ccc(O)c(O)c1)c2O. The lowest BCUT2D eigenvalue weighted by molar-refractivity contribution is 0.0976. The van der Waals surface area contributed by atoms with E-state index in [2.05, 4.69) is 0 Å². The first-order valence-electron chi connectivity index (χ1n) is 7.70. The van der Waals surface area contributed by atoms with Crippen LogP contribution in [0.15, 0.2) is 48.5 Å². The van der Waals surface area contributed by atoms with Crippen molar-refractivity contribution in [2.75, 3.05) is 0 Å². The van der Waals surface area contributed by atoms with E-state index in [4.69, 9.17) is 0 Å². The van der Waals surface area contributed by atoms with E-state index < -0.39 is 28.8 Å². The lowest BCUT2D eigenvalue weighted by atomic mass is 9.81. The number of carbonyl (C=O) groups excluding carboxylic acids is 2. The summed E-state index contributed by atoms with van der Waals surface area (Å²) >= 11 is 0. The monoisotopic (exact) mass is 348 g/mol. The van der Waals surface area contributed by atoms with Crippen LogP contribution in [-0.2, 0) is 0 Å². The summed E-state index contributed by atoms with van der Waals surface area (Å²) in [5.74, 6) is -2.81. The lowest BCUT2D eigenvalue weighted by Gasteiger charge is -2.21. The van der Waals surface area contributed by atoms with Gasteiger partial charge in [-0.3, -0.25) is 9.59 Å². The Balaban J connectivity index is 2.01. The predicted molar refractivity (Wildman–Crippen MR) is 91.8 cm³/mol. The van der Waals surface area contributed by atoms with E-state index in [0.29, 0.717) is 0 Å². The molecule has 0 spiro atoms. The molecule has 3 aromatic rings. The third-order valence-electron chi connectivity index (χ3n) is 4.43. The number of phenolic OH excluding ortho intramolecular Hbond substituents is 4. The van der Waals surface area contributed by atoms with Crippen molar-refractivity contribution in [2.45, 2.75) is 0 Å². The second kappa shape index (κ2) is 5.35. The Morgan fingerprint density at radius 3 is 1.88 bits per heavy atom. The van der Waals surface area contributed by atoms with E-state index >= 15 is 0 Å². The summed E-state index contributed by atoms with van der Waals surface area (Å²) in [6.07, 6.45) is 0. The number of rotatable bonds is 1. The highest BCUT2D eigenvalue weighted by Crippen LogP contribution is 2.46. The maximum absolute atomic E-state index is 12.8. The maximum Gasteiger partial charge on any atom is 0.198 e. The van der Waals surface area contributed by atoms with Crippen LogP contribution in [-0.4, -0.2) is 32.0 Å². The van der Waals surface area contributed by atoms with E-state index in [-0.39, 0.29) is 39.1 Å². The van der Waals surface area contributed by atoms with Crippen molar-refractivity contribution in [1.29, 1.82) is 0 Å². The average molecular weight is 348 g/mol. The summed E-state index contributed by atoms with van der Waals surface area (Å²) in [6.45, 7) is 0. The van der Waals surface area contributed by atoms with E-state index in [0.717, 1.165) is 12.1 Å². The number of fused-ring (bicyclic) bond motifs is 2. The van der Waals surface area contributed by atoms with Crippen LogP contribution >= 0.6 is 0 Å². The number of hydrogen-bond acceptors (Lipinski definition) is 6. The molecule has 0 fully saturated rings. The summed E-state index contributed by atoms with van der Waals surface area (Å²) in [6, 6.07) is 11.1. The van der Waals surface area contributed by atoms with Crippen molar-refractivity contribution in [2.24, 2.45) is 0 Å². The van der Waals surface area contributed by atoms with Gasteiger partial charge in [0.1, 0.15) is 11.5 Å². The van der Waals surface area contributed by atoms with Crippen molar-refractivity contribution < 1.29 is 30.0 Å². The van der Waals surface area contributed by atoms with Gasteiger partial charge in [0.2, 0.25) is 0 Å². The lowest BCUT2D eigenvalue weighted by Crippen LogP contribution is -2.21. The Morgan fingerprint density at radius 2 is 1.23 bits per heavy atom. The second-order valence-electron chi connectivity index (χ2n) is 5.95. The fourth-order valence-corrected chi connectivity index (χ4v) is 3.19. The number of aromatic hydroxyl groups is 4. The first kappa shape index (κ1) is 15.7. The Kier molecular flexibility index (Phi) is 3.23. The summed E-state index contributed by atoms with van der Waals surface area (Å²) < 4.78 is 0. The molecule has 4 rings (SSSR count). The molecule has 128 valence electrons. The van der Waals surface area contributed by atoms with Crippen LogP contribution in [0, 0.1) is 0 Å². The van der Waals surface area contributed by atoms with Gasteiger partial charge in [-0.15, -0.1) is 0 Å². The van der Waals surface area contributed by atoms with Crippen LogP contribution in [0.25, 0.3) is 11.1 Å². The summed E-state index contributed by atoms with van der Waals surface area (Å²) in [7, 11) is 0. The Labute approximate surface area is 147 Å². The Hall–Kier alpha value is -3.80. The van der Waals surface area contributed by atoms with E-state index in [9.17, 15) is 30.0 Å². The third-order valence-corrected chi connectivity index (χ3v) is 4.43. The minimum Gasteiger partial charge on any atom is -0.507 e. The van der Waals surface area contributed by atoms with Crippen molar-refractivity contribution >= 4 is 11.6 Å². The zero-order valence-electron chi connectivity index (χ0n) is 13.2. The van der Waals surface area contributed by atoms with Gasteiger partial charge in [0, 0.05) is 16.7 Å². The largest absolute Gasteiger partial charge is 0.507 e. The number of ketones is 2. The minimum absolute atomic E-state index is 0.0875. The molecule has 4 N–H and O–H groups in total. The van der Waals surface area contributed by atoms with Crippen molar-refractivity contribution in [3.63, 3.8) is 0 Å². The van der Waals surface area contributed by atoms with Crippen LogP contribution < -0.4 is 0 Å². The van der Waals surface area contributed by atoms with Gasteiger partial charge in [0.15, 0.2) is 23.1 Å². The molecule has 0 atom stereocenters.